The smallest absolute Gasteiger partial charge is 0.271 e. The molecule has 0 bridgehead atoms. The number of nitrogens with one attached hydrogen (secondary N) is 1. The van der Waals surface area contributed by atoms with Gasteiger partial charge in [-0.3, -0.25) is 9.59 Å². The predicted octanol–water partition coefficient (Wildman–Crippen LogP) is 2.46. The molecule has 1 N–H and O–H groups in total. The lowest BCUT2D eigenvalue weighted by molar-refractivity contribution is 0.0939. The molecule has 0 radical (unpaired) electrons. The Hall–Kier alpha value is -4.27. The van der Waals surface area contributed by atoms with Gasteiger partial charge >= 0.3 is 0 Å². The van der Waals surface area contributed by atoms with E-state index in [2.05, 4.69) is 20.6 Å². The molecule has 0 spiro atoms. The van der Waals surface area contributed by atoms with Crippen molar-refractivity contribution in [3.63, 3.8) is 0 Å². The Labute approximate surface area is 183 Å². The Kier molecular flexibility index (Phi) is 6.35. The van der Waals surface area contributed by atoms with Crippen LogP contribution in [0.1, 0.15) is 21.6 Å². The lowest BCUT2D eigenvalue weighted by atomic mass is 10.1. The van der Waals surface area contributed by atoms with Gasteiger partial charge in [0, 0.05) is 12.1 Å². The van der Waals surface area contributed by atoms with Crippen LogP contribution in [0.4, 0.5) is 0 Å². The van der Waals surface area contributed by atoms with Gasteiger partial charge in [0.1, 0.15) is 18.0 Å². The molecule has 0 atom stereocenters. The Morgan fingerprint density at radius 2 is 1.91 bits per heavy atom. The van der Waals surface area contributed by atoms with Crippen molar-refractivity contribution in [1.82, 2.24) is 25.3 Å². The van der Waals surface area contributed by atoms with Crippen molar-refractivity contribution in [2.24, 2.45) is 0 Å². The lowest BCUT2D eigenvalue weighted by Gasteiger charge is -2.09. The van der Waals surface area contributed by atoms with Gasteiger partial charge in [0.15, 0.2) is 5.76 Å². The van der Waals surface area contributed by atoms with Crippen LogP contribution in [0.25, 0.3) is 11.5 Å². The third kappa shape index (κ3) is 5.25. The lowest BCUT2D eigenvalue weighted by Crippen LogP contribution is -2.32. The van der Waals surface area contributed by atoms with Crippen molar-refractivity contribution in [1.29, 1.82) is 0 Å². The minimum Gasteiger partial charge on any atom is -0.475 e. The van der Waals surface area contributed by atoms with E-state index in [1.54, 1.807) is 30.5 Å². The molecule has 0 saturated heterocycles. The second-order valence-corrected chi connectivity index (χ2v) is 7.04. The highest BCUT2D eigenvalue weighted by Crippen LogP contribution is 2.17. The third-order valence-corrected chi connectivity index (χ3v) is 4.60. The van der Waals surface area contributed by atoms with Crippen molar-refractivity contribution >= 4 is 5.91 Å². The van der Waals surface area contributed by atoms with Crippen LogP contribution in [0.15, 0.2) is 76.1 Å². The second-order valence-electron chi connectivity index (χ2n) is 7.04. The number of carbonyl (C=O) groups excluding carboxylic acids is 1. The van der Waals surface area contributed by atoms with Crippen LogP contribution in [-0.2, 0) is 6.54 Å². The summed E-state index contributed by atoms with van der Waals surface area (Å²) in [4.78, 5) is 24.5. The average Bonchev–Trinajstić information content (AvgIpc) is 3.35. The van der Waals surface area contributed by atoms with E-state index in [1.165, 1.54) is 16.8 Å². The number of benzene rings is 1. The Bertz CT molecular complexity index is 1230. The summed E-state index contributed by atoms with van der Waals surface area (Å²) in [6, 6.07) is 17.5. The maximum Gasteiger partial charge on any atom is 0.271 e. The molecule has 0 aliphatic heterocycles. The van der Waals surface area contributed by atoms with Gasteiger partial charge in [0.05, 0.1) is 19.4 Å². The van der Waals surface area contributed by atoms with Gasteiger partial charge < -0.3 is 14.5 Å². The molecule has 4 aromatic rings. The first kappa shape index (κ1) is 21.0. The zero-order valence-corrected chi connectivity index (χ0v) is 17.4. The quantitative estimate of drug-likeness (QED) is 0.427. The van der Waals surface area contributed by atoms with E-state index in [4.69, 9.17) is 9.15 Å². The van der Waals surface area contributed by atoms with E-state index in [0.717, 1.165) is 11.1 Å². The standard InChI is InChI=1S/C23H21N5O4/c1-16-4-6-17(7-5-16)15-28-22(29)11-9-19(27-28)23(30)24-12-14-32-21-10-8-18(25-26-21)20-3-2-13-31-20/h2-11,13H,12,14-15H2,1H3,(H,24,30). The van der Waals surface area contributed by atoms with E-state index >= 15 is 0 Å². The molecule has 162 valence electrons. The first-order valence-corrected chi connectivity index (χ1v) is 10.0. The third-order valence-electron chi connectivity index (χ3n) is 4.60. The van der Waals surface area contributed by atoms with Crippen molar-refractivity contribution < 1.29 is 13.9 Å². The minimum atomic E-state index is -0.398. The summed E-state index contributed by atoms with van der Waals surface area (Å²) < 4.78 is 12.0. The predicted molar refractivity (Wildman–Crippen MR) is 116 cm³/mol. The van der Waals surface area contributed by atoms with E-state index in [9.17, 15) is 9.59 Å². The molecule has 0 saturated carbocycles. The summed E-state index contributed by atoms with van der Waals surface area (Å²) in [7, 11) is 0. The van der Waals surface area contributed by atoms with Crippen LogP contribution >= 0.6 is 0 Å². The van der Waals surface area contributed by atoms with E-state index < -0.39 is 5.91 Å². The van der Waals surface area contributed by atoms with Crippen molar-refractivity contribution in [3.8, 4) is 17.3 Å². The molecule has 3 heterocycles. The van der Waals surface area contributed by atoms with Crippen LogP contribution in [0, 0.1) is 6.92 Å². The second kappa shape index (κ2) is 9.69. The topological polar surface area (TPSA) is 112 Å². The largest absolute Gasteiger partial charge is 0.475 e. The minimum absolute atomic E-state index is 0.152. The SMILES string of the molecule is Cc1ccc(Cn2nc(C(=O)NCCOc3ccc(-c4ccco4)nn3)ccc2=O)cc1. The molecule has 9 heteroatoms. The van der Waals surface area contributed by atoms with E-state index in [0.29, 0.717) is 17.3 Å². The summed E-state index contributed by atoms with van der Waals surface area (Å²) in [5.74, 6) is 0.553. The van der Waals surface area contributed by atoms with Gasteiger partial charge in [-0.2, -0.15) is 5.10 Å². The highest BCUT2D eigenvalue weighted by molar-refractivity contribution is 5.91. The van der Waals surface area contributed by atoms with Crippen LogP contribution in [0.3, 0.4) is 0 Å². The number of nitrogens with zero attached hydrogens (tertiary/aromatic N) is 4. The van der Waals surface area contributed by atoms with Crippen LogP contribution in [0.2, 0.25) is 0 Å². The summed E-state index contributed by atoms with van der Waals surface area (Å²) in [5, 5.41) is 14.9. The van der Waals surface area contributed by atoms with Gasteiger partial charge in [0.2, 0.25) is 5.88 Å². The number of aromatic nitrogens is 4. The number of amides is 1. The summed E-state index contributed by atoms with van der Waals surface area (Å²) in [5.41, 5.74) is 2.53. The fraction of sp³-hybridized carbons (Fsp3) is 0.174. The van der Waals surface area contributed by atoms with Crippen molar-refractivity contribution in [3.05, 3.63) is 94.1 Å². The number of hydrogen-bond donors (Lipinski definition) is 1. The summed E-state index contributed by atoms with van der Waals surface area (Å²) >= 11 is 0. The molecular weight excluding hydrogens is 410 g/mol. The molecule has 3 aromatic heterocycles. The Balaban J connectivity index is 1.29. The fourth-order valence-corrected chi connectivity index (χ4v) is 2.91. The van der Waals surface area contributed by atoms with Gasteiger partial charge in [-0.15, -0.1) is 10.2 Å². The average molecular weight is 431 g/mol. The summed E-state index contributed by atoms with van der Waals surface area (Å²) in [6.45, 7) is 2.71. The van der Waals surface area contributed by atoms with Gasteiger partial charge in [0.25, 0.3) is 11.5 Å². The highest BCUT2D eigenvalue weighted by Gasteiger charge is 2.10. The van der Waals surface area contributed by atoms with Crippen molar-refractivity contribution in [2.75, 3.05) is 13.2 Å². The molecule has 0 aliphatic carbocycles. The molecule has 0 unspecified atom stereocenters. The maximum absolute atomic E-state index is 12.4. The van der Waals surface area contributed by atoms with Crippen LogP contribution < -0.4 is 15.6 Å². The zero-order valence-electron chi connectivity index (χ0n) is 17.4. The molecule has 4 rings (SSSR count). The number of rotatable bonds is 8. The summed E-state index contributed by atoms with van der Waals surface area (Å²) in [6.07, 6.45) is 1.56. The van der Waals surface area contributed by atoms with Crippen molar-refractivity contribution in [2.45, 2.75) is 13.5 Å². The molecule has 9 nitrogen and oxygen atoms in total. The monoisotopic (exact) mass is 431 g/mol. The number of hydrogen-bond acceptors (Lipinski definition) is 7. The number of carbonyl (C=O) groups is 1. The number of ether oxygens (including phenoxy) is 1. The number of furan rings is 1. The molecule has 0 aliphatic rings. The number of aryl methyl sites for hydroxylation is 1. The Morgan fingerprint density at radius 3 is 2.62 bits per heavy atom. The van der Waals surface area contributed by atoms with Crippen LogP contribution in [-0.4, -0.2) is 39.0 Å². The maximum atomic E-state index is 12.4. The molecule has 0 fully saturated rings. The first-order valence-electron chi connectivity index (χ1n) is 10.0. The highest BCUT2D eigenvalue weighted by atomic mass is 16.5. The van der Waals surface area contributed by atoms with E-state index in [-0.39, 0.29) is 30.9 Å². The molecule has 32 heavy (non-hydrogen) atoms. The van der Waals surface area contributed by atoms with E-state index in [1.807, 2.05) is 31.2 Å². The van der Waals surface area contributed by atoms with Crippen LogP contribution in [0.5, 0.6) is 5.88 Å². The fourth-order valence-electron chi connectivity index (χ4n) is 2.91. The molecule has 1 amide bonds. The normalized spacial score (nSPS) is 10.7. The Morgan fingerprint density at radius 1 is 1.06 bits per heavy atom. The molecular formula is C23H21N5O4. The molecule has 1 aromatic carbocycles. The van der Waals surface area contributed by atoms with Gasteiger partial charge in [-0.1, -0.05) is 29.8 Å². The van der Waals surface area contributed by atoms with Gasteiger partial charge in [-0.05, 0) is 36.8 Å². The van der Waals surface area contributed by atoms with Gasteiger partial charge in [-0.25, -0.2) is 4.68 Å². The first-order chi connectivity index (χ1) is 15.6. The zero-order chi connectivity index (χ0) is 22.3.